The fourth-order valence-electron chi connectivity index (χ4n) is 1.52. The molecule has 1 rings (SSSR count). The predicted molar refractivity (Wildman–Crippen MR) is 68.1 cm³/mol. The van der Waals surface area contributed by atoms with Crippen LogP contribution in [0, 0.1) is 0 Å². The first-order valence-electron chi connectivity index (χ1n) is 5.51. The third kappa shape index (κ3) is 3.66. The van der Waals surface area contributed by atoms with Crippen LogP contribution in [0.15, 0.2) is 18.2 Å². The average molecular weight is 237 g/mol. The largest absolute Gasteiger partial charge is 0.493 e. The predicted octanol–water partition coefficient (Wildman–Crippen LogP) is 2.12. The zero-order valence-corrected chi connectivity index (χ0v) is 10.8. The molecule has 0 aliphatic heterocycles. The second kappa shape index (κ2) is 6.13. The molecule has 0 N–H and O–H groups in total. The van der Waals surface area contributed by atoms with Crippen LogP contribution in [-0.2, 0) is 4.79 Å². The van der Waals surface area contributed by atoms with Crippen molar-refractivity contribution >= 4 is 11.5 Å². The Balaban J connectivity index is 2.80. The van der Waals surface area contributed by atoms with Crippen molar-refractivity contribution in [3.05, 3.63) is 18.2 Å². The monoisotopic (exact) mass is 237 g/mol. The molecule has 0 bridgehead atoms. The van der Waals surface area contributed by atoms with Crippen LogP contribution in [0.5, 0.6) is 11.5 Å². The van der Waals surface area contributed by atoms with Crippen LogP contribution >= 0.6 is 0 Å². The number of carbonyl (C=O) groups is 1. The van der Waals surface area contributed by atoms with Gasteiger partial charge in [-0.05, 0) is 19.1 Å². The number of ketones is 1. The van der Waals surface area contributed by atoms with Crippen LogP contribution in [-0.4, -0.2) is 33.6 Å². The number of hydrogen-bond acceptors (Lipinski definition) is 4. The molecule has 0 saturated heterocycles. The SMILES string of the molecule is COc1ccc(N(C)CCC(C)=O)cc1OC. The van der Waals surface area contributed by atoms with E-state index in [-0.39, 0.29) is 5.78 Å². The Kier molecular flexibility index (Phi) is 4.82. The van der Waals surface area contributed by atoms with Gasteiger partial charge in [0.2, 0.25) is 0 Å². The topological polar surface area (TPSA) is 38.8 Å². The van der Waals surface area contributed by atoms with E-state index in [2.05, 4.69) is 0 Å². The number of methoxy groups -OCH3 is 2. The summed E-state index contributed by atoms with van der Waals surface area (Å²) < 4.78 is 10.4. The van der Waals surface area contributed by atoms with Crippen LogP contribution < -0.4 is 14.4 Å². The first-order chi connectivity index (χ1) is 8.08. The van der Waals surface area contributed by atoms with Crippen molar-refractivity contribution in [2.75, 3.05) is 32.7 Å². The molecule has 0 aliphatic carbocycles. The third-order valence-corrected chi connectivity index (χ3v) is 2.61. The number of Topliss-reactive ketones (excluding diaryl/α,β-unsaturated/α-hetero) is 1. The normalized spacial score (nSPS) is 9.88. The Morgan fingerprint density at radius 2 is 1.88 bits per heavy atom. The van der Waals surface area contributed by atoms with Crippen molar-refractivity contribution in [1.29, 1.82) is 0 Å². The molecule has 4 nitrogen and oxygen atoms in total. The molecule has 0 spiro atoms. The number of nitrogens with zero attached hydrogens (tertiary/aromatic N) is 1. The molecule has 0 aromatic heterocycles. The Morgan fingerprint density at radius 3 is 2.41 bits per heavy atom. The fourth-order valence-corrected chi connectivity index (χ4v) is 1.52. The summed E-state index contributed by atoms with van der Waals surface area (Å²) in [5, 5.41) is 0. The van der Waals surface area contributed by atoms with Crippen LogP contribution in [0.4, 0.5) is 5.69 Å². The van der Waals surface area contributed by atoms with E-state index in [0.29, 0.717) is 24.5 Å². The minimum Gasteiger partial charge on any atom is -0.493 e. The lowest BCUT2D eigenvalue weighted by atomic mass is 10.2. The van der Waals surface area contributed by atoms with Crippen LogP contribution in [0.2, 0.25) is 0 Å². The molecule has 0 atom stereocenters. The summed E-state index contributed by atoms with van der Waals surface area (Å²) in [6, 6.07) is 5.71. The highest BCUT2D eigenvalue weighted by Gasteiger charge is 2.08. The molecule has 0 aliphatic rings. The zero-order chi connectivity index (χ0) is 12.8. The summed E-state index contributed by atoms with van der Waals surface area (Å²) in [6.07, 6.45) is 0.546. The summed E-state index contributed by atoms with van der Waals surface area (Å²) in [5.41, 5.74) is 1.00. The molecule has 4 heteroatoms. The highest BCUT2D eigenvalue weighted by atomic mass is 16.5. The second-order valence-corrected chi connectivity index (χ2v) is 3.91. The van der Waals surface area contributed by atoms with Gasteiger partial charge in [-0.15, -0.1) is 0 Å². The van der Waals surface area contributed by atoms with Crippen molar-refractivity contribution in [3.8, 4) is 11.5 Å². The fraction of sp³-hybridized carbons (Fsp3) is 0.462. The summed E-state index contributed by atoms with van der Waals surface area (Å²) in [7, 11) is 5.17. The Labute approximate surface area is 102 Å². The quantitative estimate of drug-likeness (QED) is 0.759. The van der Waals surface area contributed by atoms with Gasteiger partial charge in [-0.3, -0.25) is 4.79 Å². The van der Waals surface area contributed by atoms with Crippen molar-refractivity contribution in [3.63, 3.8) is 0 Å². The van der Waals surface area contributed by atoms with E-state index in [4.69, 9.17) is 9.47 Å². The van der Waals surface area contributed by atoms with E-state index in [1.54, 1.807) is 21.1 Å². The summed E-state index contributed by atoms with van der Waals surface area (Å²) in [4.78, 5) is 12.9. The first kappa shape index (κ1) is 13.4. The van der Waals surface area contributed by atoms with Gasteiger partial charge in [0.1, 0.15) is 5.78 Å². The Bertz CT molecular complexity index is 390. The molecule has 0 unspecified atom stereocenters. The standard InChI is InChI=1S/C13H19NO3/c1-10(15)7-8-14(2)11-5-6-12(16-3)13(9-11)17-4/h5-6,9H,7-8H2,1-4H3. The third-order valence-electron chi connectivity index (χ3n) is 2.61. The molecule has 0 amide bonds. The molecular formula is C13H19NO3. The van der Waals surface area contributed by atoms with E-state index in [0.717, 1.165) is 5.69 Å². The average Bonchev–Trinajstić information content (AvgIpc) is 2.34. The van der Waals surface area contributed by atoms with Gasteiger partial charge in [0.15, 0.2) is 11.5 Å². The molecule has 1 aromatic rings. The van der Waals surface area contributed by atoms with E-state index in [1.165, 1.54) is 0 Å². The molecule has 0 saturated carbocycles. The number of carbonyl (C=O) groups excluding carboxylic acids is 1. The van der Waals surface area contributed by atoms with Crippen LogP contribution in [0.25, 0.3) is 0 Å². The lowest BCUT2D eigenvalue weighted by Gasteiger charge is -2.20. The van der Waals surface area contributed by atoms with Crippen molar-refractivity contribution < 1.29 is 14.3 Å². The zero-order valence-electron chi connectivity index (χ0n) is 10.8. The van der Waals surface area contributed by atoms with Crippen molar-refractivity contribution in [2.45, 2.75) is 13.3 Å². The number of hydrogen-bond donors (Lipinski definition) is 0. The minimum absolute atomic E-state index is 0.192. The summed E-state index contributed by atoms with van der Waals surface area (Å²) in [6.45, 7) is 2.30. The van der Waals surface area contributed by atoms with E-state index >= 15 is 0 Å². The molecule has 0 radical (unpaired) electrons. The van der Waals surface area contributed by atoms with Crippen molar-refractivity contribution in [2.24, 2.45) is 0 Å². The number of benzene rings is 1. The van der Waals surface area contributed by atoms with Gasteiger partial charge in [0.25, 0.3) is 0 Å². The Morgan fingerprint density at radius 1 is 1.24 bits per heavy atom. The number of anilines is 1. The molecule has 0 fully saturated rings. The maximum atomic E-state index is 10.9. The molecule has 17 heavy (non-hydrogen) atoms. The van der Waals surface area contributed by atoms with Gasteiger partial charge < -0.3 is 14.4 Å². The van der Waals surface area contributed by atoms with E-state index in [1.807, 2.05) is 30.1 Å². The van der Waals surface area contributed by atoms with Gasteiger partial charge in [-0.2, -0.15) is 0 Å². The smallest absolute Gasteiger partial charge is 0.162 e. The van der Waals surface area contributed by atoms with Crippen LogP contribution in [0.3, 0.4) is 0 Å². The van der Waals surface area contributed by atoms with E-state index < -0.39 is 0 Å². The molecule has 0 heterocycles. The van der Waals surface area contributed by atoms with Gasteiger partial charge in [-0.1, -0.05) is 0 Å². The molecular weight excluding hydrogens is 218 g/mol. The highest BCUT2D eigenvalue weighted by Crippen LogP contribution is 2.31. The van der Waals surface area contributed by atoms with E-state index in [9.17, 15) is 4.79 Å². The maximum absolute atomic E-state index is 10.9. The van der Waals surface area contributed by atoms with Gasteiger partial charge in [-0.25, -0.2) is 0 Å². The minimum atomic E-state index is 0.192. The maximum Gasteiger partial charge on any atom is 0.162 e. The van der Waals surface area contributed by atoms with Crippen LogP contribution in [0.1, 0.15) is 13.3 Å². The lowest BCUT2D eigenvalue weighted by molar-refractivity contribution is -0.116. The molecule has 1 aromatic carbocycles. The van der Waals surface area contributed by atoms with Gasteiger partial charge in [0.05, 0.1) is 14.2 Å². The first-order valence-corrected chi connectivity index (χ1v) is 5.51. The lowest BCUT2D eigenvalue weighted by Crippen LogP contribution is -2.20. The summed E-state index contributed by atoms with van der Waals surface area (Å²) >= 11 is 0. The number of ether oxygens (including phenoxy) is 2. The highest BCUT2D eigenvalue weighted by molar-refractivity contribution is 5.76. The summed E-state index contributed by atoms with van der Waals surface area (Å²) in [5.74, 6) is 1.59. The van der Waals surface area contributed by atoms with Gasteiger partial charge in [0, 0.05) is 31.8 Å². The molecule has 94 valence electrons. The van der Waals surface area contributed by atoms with Gasteiger partial charge >= 0.3 is 0 Å². The number of rotatable bonds is 6. The van der Waals surface area contributed by atoms with Crippen molar-refractivity contribution in [1.82, 2.24) is 0 Å². The second-order valence-electron chi connectivity index (χ2n) is 3.91. The Hall–Kier alpha value is -1.71.